The lowest BCUT2D eigenvalue weighted by atomic mass is 10.2. The number of amides is 3. The smallest absolute Gasteiger partial charge is 0.276 e. The number of carbonyl (C=O) groups excluding carboxylic acids is 3. The molecule has 3 amide bonds. The third-order valence-corrected chi connectivity index (χ3v) is 5.78. The van der Waals surface area contributed by atoms with Gasteiger partial charge in [0.05, 0.1) is 12.2 Å². The Bertz CT molecular complexity index is 1130. The van der Waals surface area contributed by atoms with Crippen molar-refractivity contribution < 1.29 is 14.4 Å². The van der Waals surface area contributed by atoms with Crippen molar-refractivity contribution in [2.45, 2.75) is 19.9 Å². The van der Waals surface area contributed by atoms with E-state index in [0.717, 1.165) is 10.6 Å². The minimum absolute atomic E-state index is 0.117. The summed E-state index contributed by atoms with van der Waals surface area (Å²) in [5.41, 5.74) is 2.63. The molecule has 1 aliphatic rings. The summed E-state index contributed by atoms with van der Waals surface area (Å²) in [4.78, 5) is 47.5. The molecule has 0 spiro atoms. The van der Waals surface area contributed by atoms with Gasteiger partial charge in [0.15, 0.2) is 5.13 Å². The zero-order valence-corrected chi connectivity index (χ0v) is 18.2. The number of hydrogen-bond donors (Lipinski definition) is 3. The van der Waals surface area contributed by atoms with Gasteiger partial charge < -0.3 is 10.6 Å². The van der Waals surface area contributed by atoms with Crippen molar-refractivity contribution in [2.24, 2.45) is 0 Å². The monoisotopic (exact) mass is 450 g/mol. The number of pyridine rings is 1. The van der Waals surface area contributed by atoms with Crippen molar-refractivity contribution in [3.05, 3.63) is 64.9 Å². The molecule has 3 aromatic rings. The largest absolute Gasteiger partial charge is 0.326 e. The molecule has 1 aromatic carbocycles. The topological polar surface area (TPSA) is 116 Å². The van der Waals surface area contributed by atoms with Crippen LogP contribution in [0.15, 0.2) is 48.7 Å². The summed E-state index contributed by atoms with van der Waals surface area (Å²) >= 11 is 1.42. The molecule has 3 heterocycles. The maximum absolute atomic E-state index is 12.5. The van der Waals surface area contributed by atoms with Crippen molar-refractivity contribution >= 4 is 45.6 Å². The highest BCUT2D eigenvalue weighted by Gasteiger charge is 2.23. The second-order valence-corrected chi connectivity index (χ2v) is 8.41. The first kappa shape index (κ1) is 21.6. The van der Waals surface area contributed by atoms with Crippen LogP contribution in [0, 0.1) is 0 Å². The van der Waals surface area contributed by atoms with Gasteiger partial charge in [0.1, 0.15) is 5.69 Å². The Hall–Kier alpha value is -3.63. The van der Waals surface area contributed by atoms with Gasteiger partial charge in [-0.3, -0.25) is 29.6 Å². The summed E-state index contributed by atoms with van der Waals surface area (Å²) in [7, 11) is 0. The average molecular weight is 451 g/mol. The van der Waals surface area contributed by atoms with Gasteiger partial charge in [0.25, 0.3) is 5.91 Å². The quantitative estimate of drug-likeness (QED) is 0.532. The van der Waals surface area contributed by atoms with Crippen LogP contribution in [0.25, 0.3) is 0 Å². The van der Waals surface area contributed by atoms with Gasteiger partial charge in [0.2, 0.25) is 11.8 Å². The molecule has 4 rings (SSSR count). The van der Waals surface area contributed by atoms with E-state index in [2.05, 4.69) is 25.9 Å². The normalized spacial score (nSPS) is 13.2. The predicted octanol–water partition coefficient (Wildman–Crippen LogP) is 2.75. The maximum Gasteiger partial charge on any atom is 0.276 e. The van der Waals surface area contributed by atoms with E-state index < -0.39 is 0 Å². The first-order chi connectivity index (χ1) is 15.5. The van der Waals surface area contributed by atoms with Gasteiger partial charge in [-0.25, -0.2) is 4.98 Å². The average Bonchev–Trinajstić information content (AvgIpc) is 3.17. The van der Waals surface area contributed by atoms with E-state index in [1.807, 2.05) is 4.90 Å². The van der Waals surface area contributed by atoms with E-state index in [4.69, 9.17) is 0 Å². The van der Waals surface area contributed by atoms with Gasteiger partial charge in [-0.2, -0.15) is 0 Å². The summed E-state index contributed by atoms with van der Waals surface area (Å²) in [5.74, 6) is -0.555. The lowest BCUT2D eigenvalue weighted by molar-refractivity contribution is -0.117. The molecule has 0 aliphatic carbocycles. The first-order valence-corrected chi connectivity index (χ1v) is 10.9. The third-order valence-electron chi connectivity index (χ3n) is 4.78. The molecule has 0 unspecified atom stereocenters. The van der Waals surface area contributed by atoms with Crippen LogP contribution in [0.4, 0.5) is 16.5 Å². The number of anilines is 3. The molecule has 10 heteroatoms. The summed E-state index contributed by atoms with van der Waals surface area (Å²) < 4.78 is 0. The fraction of sp³-hybridized carbons (Fsp3) is 0.227. The lowest BCUT2D eigenvalue weighted by Gasteiger charge is -2.25. The van der Waals surface area contributed by atoms with Crippen molar-refractivity contribution in [3.8, 4) is 0 Å². The van der Waals surface area contributed by atoms with E-state index in [0.29, 0.717) is 41.7 Å². The highest BCUT2D eigenvalue weighted by atomic mass is 32.1. The van der Waals surface area contributed by atoms with Crippen LogP contribution in [0.5, 0.6) is 0 Å². The van der Waals surface area contributed by atoms with E-state index >= 15 is 0 Å². The Morgan fingerprint density at radius 3 is 2.47 bits per heavy atom. The van der Waals surface area contributed by atoms with E-state index in [1.165, 1.54) is 18.3 Å². The van der Waals surface area contributed by atoms with Crippen LogP contribution in [-0.2, 0) is 22.6 Å². The Morgan fingerprint density at radius 1 is 1.03 bits per heavy atom. The summed E-state index contributed by atoms with van der Waals surface area (Å²) in [5, 5.41) is 8.90. The molecular weight excluding hydrogens is 428 g/mol. The number of thiazole rings is 1. The van der Waals surface area contributed by atoms with Gasteiger partial charge >= 0.3 is 0 Å². The number of fused-ring (bicyclic) bond motifs is 1. The lowest BCUT2D eigenvalue weighted by Crippen LogP contribution is -2.36. The number of benzene rings is 1. The molecule has 0 radical (unpaired) electrons. The van der Waals surface area contributed by atoms with Gasteiger partial charge in [-0.05, 0) is 36.4 Å². The van der Waals surface area contributed by atoms with Crippen LogP contribution in [-0.4, -0.2) is 45.7 Å². The predicted molar refractivity (Wildman–Crippen MR) is 123 cm³/mol. The van der Waals surface area contributed by atoms with Crippen LogP contribution >= 0.6 is 11.3 Å². The maximum atomic E-state index is 12.5. The van der Waals surface area contributed by atoms with Crippen molar-refractivity contribution in [2.75, 3.05) is 29.0 Å². The van der Waals surface area contributed by atoms with E-state index in [-0.39, 0.29) is 24.3 Å². The molecule has 2 aromatic heterocycles. The molecule has 3 N–H and O–H groups in total. The fourth-order valence-corrected chi connectivity index (χ4v) is 4.38. The number of hydrogen-bond acceptors (Lipinski definition) is 7. The molecule has 1 aliphatic heterocycles. The van der Waals surface area contributed by atoms with E-state index in [1.54, 1.807) is 48.7 Å². The number of aromatic nitrogens is 2. The SMILES string of the molecule is CC(=O)Nc1ccc(NC(=O)CN2CCc3nc(NC(=O)c4ccccn4)sc3C2)cc1. The number of nitrogens with zero attached hydrogens (tertiary/aromatic N) is 3. The fourth-order valence-electron chi connectivity index (χ4n) is 3.34. The zero-order chi connectivity index (χ0) is 22.5. The highest BCUT2D eigenvalue weighted by molar-refractivity contribution is 7.15. The minimum atomic E-state index is -0.294. The van der Waals surface area contributed by atoms with Crippen LogP contribution < -0.4 is 16.0 Å². The Kier molecular flexibility index (Phi) is 6.52. The van der Waals surface area contributed by atoms with Crippen molar-refractivity contribution in [1.82, 2.24) is 14.9 Å². The summed E-state index contributed by atoms with van der Waals surface area (Å²) in [6.45, 7) is 3.00. The molecule has 0 saturated carbocycles. The molecule has 164 valence electrons. The molecule has 9 nitrogen and oxygen atoms in total. The minimum Gasteiger partial charge on any atom is -0.326 e. The number of rotatable bonds is 6. The second kappa shape index (κ2) is 9.67. The summed E-state index contributed by atoms with van der Waals surface area (Å²) in [6, 6.07) is 12.1. The van der Waals surface area contributed by atoms with Gasteiger partial charge in [-0.15, -0.1) is 11.3 Å². The molecule has 0 atom stereocenters. The Balaban J connectivity index is 1.31. The van der Waals surface area contributed by atoms with Crippen molar-refractivity contribution in [3.63, 3.8) is 0 Å². The molecule has 0 saturated heterocycles. The Labute approximate surface area is 188 Å². The first-order valence-electron chi connectivity index (χ1n) is 10.1. The third kappa shape index (κ3) is 5.54. The second-order valence-electron chi connectivity index (χ2n) is 7.33. The van der Waals surface area contributed by atoms with Crippen LogP contribution in [0.2, 0.25) is 0 Å². The number of nitrogens with one attached hydrogen (secondary N) is 3. The van der Waals surface area contributed by atoms with Crippen LogP contribution in [0.3, 0.4) is 0 Å². The van der Waals surface area contributed by atoms with Crippen molar-refractivity contribution in [1.29, 1.82) is 0 Å². The van der Waals surface area contributed by atoms with Crippen LogP contribution in [0.1, 0.15) is 28.0 Å². The van der Waals surface area contributed by atoms with E-state index in [9.17, 15) is 14.4 Å². The zero-order valence-electron chi connectivity index (χ0n) is 17.4. The molecule has 0 fully saturated rings. The highest BCUT2D eigenvalue weighted by Crippen LogP contribution is 2.28. The molecule has 32 heavy (non-hydrogen) atoms. The Morgan fingerprint density at radius 2 is 1.78 bits per heavy atom. The molecular formula is C22H22N6O3S. The van der Waals surface area contributed by atoms with Gasteiger partial charge in [-0.1, -0.05) is 6.07 Å². The number of carbonyl (C=O) groups is 3. The van der Waals surface area contributed by atoms with Gasteiger partial charge in [0, 0.05) is 48.9 Å². The standard InChI is InChI=1S/C22H22N6O3S/c1-14(29)24-15-5-7-16(8-6-15)25-20(30)13-28-11-9-17-19(12-28)32-22(26-17)27-21(31)18-4-2-3-10-23-18/h2-8,10H,9,11-13H2,1H3,(H,24,29)(H,25,30)(H,26,27,31). The summed E-state index contributed by atoms with van der Waals surface area (Å²) in [6.07, 6.45) is 2.28. The molecule has 0 bridgehead atoms.